The molecule has 23 heavy (non-hydrogen) atoms. The van der Waals surface area contributed by atoms with Crippen LogP contribution in [0.1, 0.15) is 11.1 Å². The highest BCUT2D eigenvalue weighted by Gasteiger charge is 2.12. The molecule has 3 nitrogen and oxygen atoms in total. The summed E-state index contributed by atoms with van der Waals surface area (Å²) in [5.41, 5.74) is 4.69. The summed E-state index contributed by atoms with van der Waals surface area (Å²) < 4.78 is 0. The Bertz CT molecular complexity index is 724. The highest BCUT2D eigenvalue weighted by molar-refractivity contribution is 5.76. The van der Waals surface area contributed by atoms with Gasteiger partial charge in [0.25, 0.3) is 0 Å². The van der Waals surface area contributed by atoms with Crippen molar-refractivity contribution >= 4 is 17.1 Å². The van der Waals surface area contributed by atoms with Crippen molar-refractivity contribution in [3.05, 3.63) is 90.0 Å². The first-order valence-corrected chi connectivity index (χ1v) is 7.56. The van der Waals surface area contributed by atoms with Crippen molar-refractivity contribution in [2.24, 2.45) is 0 Å². The molecule has 3 aromatic carbocycles. The van der Waals surface area contributed by atoms with Gasteiger partial charge in [-0.25, -0.2) is 0 Å². The minimum atomic E-state index is 0.00709. The van der Waals surface area contributed by atoms with Crippen molar-refractivity contribution < 1.29 is 10.2 Å². The largest absolute Gasteiger partial charge is 0.392 e. The molecule has 0 saturated carbocycles. The summed E-state index contributed by atoms with van der Waals surface area (Å²) >= 11 is 0. The fourth-order valence-electron chi connectivity index (χ4n) is 2.61. The Morgan fingerprint density at radius 1 is 0.565 bits per heavy atom. The van der Waals surface area contributed by atoms with Gasteiger partial charge in [0, 0.05) is 17.1 Å². The van der Waals surface area contributed by atoms with Crippen molar-refractivity contribution in [3.63, 3.8) is 0 Å². The third-order valence-electron chi connectivity index (χ3n) is 3.72. The average molecular weight is 305 g/mol. The maximum Gasteiger partial charge on any atom is 0.0682 e. The van der Waals surface area contributed by atoms with E-state index in [4.69, 9.17) is 0 Å². The van der Waals surface area contributed by atoms with Gasteiger partial charge in [-0.1, -0.05) is 42.5 Å². The zero-order chi connectivity index (χ0) is 16.1. The zero-order valence-electron chi connectivity index (χ0n) is 12.8. The van der Waals surface area contributed by atoms with Gasteiger partial charge in [-0.05, 0) is 47.5 Å². The van der Waals surface area contributed by atoms with Gasteiger partial charge in [0.05, 0.1) is 13.2 Å². The molecule has 0 aliphatic carbocycles. The Hall–Kier alpha value is -2.62. The van der Waals surface area contributed by atoms with Crippen LogP contribution in [-0.4, -0.2) is 10.2 Å². The normalized spacial score (nSPS) is 10.5. The molecule has 0 unspecified atom stereocenters. The molecule has 0 atom stereocenters. The van der Waals surface area contributed by atoms with Crippen molar-refractivity contribution in [2.45, 2.75) is 13.2 Å². The van der Waals surface area contributed by atoms with Crippen LogP contribution in [0.4, 0.5) is 17.1 Å². The molecular weight excluding hydrogens is 286 g/mol. The quantitative estimate of drug-likeness (QED) is 0.744. The molecule has 0 aromatic heterocycles. The van der Waals surface area contributed by atoms with Gasteiger partial charge in [-0.3, -0.25) is 0 Å². The molecule has 3 aromatic rings. The second kappa shape index (κ2) is 7.09. The van der Waals surface area contributed by atoms with Crippen LogP contribution in [0, 0.1) is 0 Å². The summed E-state index contributed by atoms with van der Waals surface area (Å²) in [5, 5.41) is 18.8. The van der Waals surface area contributed by atoms with E-state index in [1.54, 1.807) is 0 Å². The predicted molar refractivity (Wildman–Crippen MR) is 93.0 cm³/mol. The first-order valence-electron chi connectivity index (χ1n) is 7.56. The van der Waals surface area contributed by atoms with Gasteiger partial charge < -0.3 is 15.1 Å². The minimum absolute atomic E-state index is 0.00709. The third-order valence-corrected chi connectivity index (χ3v) is 3.72. The lowest BCUT2D eigenvalue weighted by Crippen LogP contribution is -2.10. The topological polar surface area (TPSA) is 43.7 Å². The Balaban J connectivity index is 2.13. The molecule has 2 N–H and O–H groups in total. The van der Waals surface area contributed by atoms with Crippen molar-refractivity contribution in [3.8, 4) is 0 Å². The van der Waals surface area contributed by atoms with Gasteiger partial charge in [0.1, 0.15) is 0 Å². The molecule has 0 fully saturated rings. The van der Waals surface area contributed by atoms with E-state index in [0.717, 1.165) is 28.2 Å². The second-order valence-electron chi connectivity index (χ2n) is 5.33. The van der Waals surface area contributed by atoms with E-state index in [1.807, 2.05) is 78.9 Å². The lowest BCUT2D eigenvalue weighted by Gasteiger charge is -2.26. The van der Waals surface area contributed by atoms with E-state index in [9.17, 15) is 10.2 Å². The van der Waals surface area contributed by atoms with Crippen LogP contribution in [0.25, 0.3) is 0 Å². The van der Waals surface area contributed by atoms with Crippen LogP contribution in [0.5, 0.6) is 0 Å². The molecule has 0 amide bonds. The minimum Gasteiger partial charge on any atom is -0.392 e. The van der Waals surface area contributed by atoms with Crippen molar-refractivity contribution in [1.29, 1.82) is 0 Å². The first-order chi connectivity index (χ1) is 11.3. The molecule has 116 valence electrons. The molecule has 0 spiro atoms. The van der Waals surface area contributed by atoms with Crippen molar-refractivity contribution in [2.75, 3.05) is 4.90 Å². The fraction of sp³-hybridized carbons (Fsp3) is 0.100. The van der Waals surface area contributed by atoms with Crippen molar-refractivity contribution in [1.82, 2.24) is 0 Å². The summed E-state index contributed by atoms with van der Waals surface area (Å²) in [6.45, 7) is 0.0142. The average Bonchev–Trinajstić information content (AvgIpc) is 2.63. The number of hydrogen-bond acceptors (Lipinski definition) is 3. The standard InChI is InChI=1S/C20H19NO2/c22-14-16-6-4-10-19(12-16)21(18-8-2-1-3-9-18)20-11-5-7-17(13-20)15-23/h1-13,22-23H,14-15H2. The third kappa shape index (κ3) is 3.42. The summed E-state index contributed by atoms with van der Waals surface area (Å²) in [6.07, 6.45) is 0. The molecular formula is C20H19NO2. The number of aliphatic hydroxyl groups excluding tert-OH is 2. The van der Waals surface area contributed by atoms with E-state index in [0.29, 0.717) is 0 Å². The smallest absolute Gasteiger partial charge is 0.0682 e. The summed E-state index contributed by atoms with van der Waals surface area (Å²) in [7, 11) is 0. The highest BCUT2D eigenvalue weighted by atomic mass is 16.3. The Labute approximate surface area is 136 Å². The Morgan fingerprint density at radius 3 is 1.52 bits per heavy atom. The van der Waals surface area contributed by atoms with Gasteiger partial charge >= 0.3 is 0 Å². The zero-order valence-corrected chi connectivity index (χ0v) is 12.8. The van der Waals surface area contributed by atoms with E-state index in [-0.39, 0.29) is 13.2 Å². The molecule has 0 bridgehead atoms. The van der Waals surface area contributed by atoms with Gasteiger partial charge in [0.2, 0.25) is 0 Å². The lowest BCUT2D eigenvalue weighted by molar-refractivity contribution is 0.282. The highest BCUT2D eigenvalue weighted by Crippen LogP contribution is 2.34. The maximum atomic E-state index is 9.42. The predicted octanol–water partition coefficient (Wildman–Crippen LogP) is 4.14. The Kier molecular flexibility index (Phi) is 4.71. The van der Waals surface area contributed by atoms with E-state index >= 15 is 0 Å². The van der Waals surface area contributed by atoms with Crippen LogP contribution in [-0.2, 0) is 13.2 Å². The number of benzene rings is 3. The molecule has 3 rings (SSSR count). The second-order valence-corrected chi connectivity index (χ2v) is 5.33. The number of hydrogen-bond donors (Lipinski definition) is 2. The van der Waals surface area contributed by atoms with Gasteiger partial charge in [0.15, 0.2) is 0 Å². The molecule has 0 aliphatic heterocycles. The number of aliphatic hydroxyl groups is 2. The van der Waals surface area contributed by atoms with Gasteiger partial charge in [-0.2, -0.15) is 0 Å². The van der Waals surface area contributed by atoms with E-state index < -0.39 is 0 Å². The van der Waals surface area contributed by atoms with E-state index in [2.05, 4.69) is 4.90 Å². The molecule has 0 radical (unpaired) electrons. The van der Waals surface area contributed by atoms with Crippen LogP contribution >= 0.6 is 0 Å². The van der Waals surface area contributed by atoms with Crippen LogP contribution in [0.3, 0.4) is 0 Å². The number of nitrogens with zero attached hydrogens (tertiary/aromatic N) is 1. The lowest BCUT2D eigenvalue weighted by atomic mass is 10.1. The molecule has 3 heteroatoms. The fourth-order valence-corrected chi connectivity index (χ4v) is 2.61. The monoisotopic (exact) mass is 305 g/mol. The van der Waals surface area contributed by atoms with Crippen LogP contribution in [0.2, 0.25) is 0 Å². The molecule has 0 heterocycles. The Morgan fingerprint density at radius 2 is 1.04 bits per heavy atom. The molecule has 0 saturated heterocycles. The number of rotatable bonds is 5. The summed E-state index contributed by atoms with van der Waals surface area (Å²) in [5.74, 6) is 0. The van der Waals surface area contributed by atoms with Gasteiger partial charge in [-0.15, -0.1) is 0 Å². The first kappa shape index (κ1) is 15.3. The van der Waals surface area contributed by atoms with Crippen LogP contribution < -0.4 is 4.90 Å². The number of anilines is 3. The molecule has 0 aliphatic rings. The number of para-hydroxylation sites is 1. The SMILES string of the molecule is OCc1cccc(N(c2ccccc2)c2cccc(CO)c2)c1. The maximum absolute atomic E-state index is 9.42. The van der Waals surface area contributed by atoms with E-state index in [1.165, 1.54) is 0 Å². The van der Waals surface area contributed by atoms with Crippen LogP contribution in [0.15, 0.2) is 78.9 Å². The summed E-state index contributed by atoms with van der Waals surface area (Å²) in [6, 6.07) is 25.7. The summed E-state index contributed by atoms with van der Waals surface area (Å²) in [4.78, 5) is 2.11.